The molecule has 170 valence electrons. The number of nitro groups is 1. The number of anilines is 1. The first-order chi connectivity index (χ1) is 16.3. The third-order valence-electron chi connectivity index (χ3n) is 5.17. The summed E-state index contributed by atoms with van der Waals surface area (Å²) in [5.41, 5.74) is 1.96. The summed E-state index contributed by atoms with van der Waals surface area (Å²) in [5, 5.41) is 19.4. The molecule has 12 heteroatoms. The van der Waals surface area contributed by atoms with Gasteiger partial charge >= 0.3 is 0 Å². The first-order valence-corrected chi connectivity index (χ1v) is 12.1. The Morgan fingerprint density at radius 1 is 1.24 bits per heavy atom. The number of thiophene rings is 1. The van der Waals surface area contributed by atoms with Gasteiger partial charge < -0.3 is 5.32 Å². The summed E-state index contributed by atoms with van der Waals surface area (Å²) in [6.45, 7) is 1.71. The van der Waals surface area contributed by atoms with E-state index in [1.165, 1.54) is 28.6 Å². The van der Waals surface area contributed by atoms with Crippen LogP contribution in [0.1, 0.15) is 20.8 Å². The Morgan fingerprint density at radius 2 is 2.00 bits per heavy atom. The summed E-state index contributed by atoms with van der Waals surface area (Å²) in [4.78, 5) is 42.1. The predicted octanol–water partition coefficient (Wildman–Crippen LogP) is 4.94. The molecule has 1 amide bonds. The van der Waals surface area contributed by atoms with Crippen molar-refractivity contribution in [2.75, 3.05) is 11.1 Å². The summed E-state index contributed by atoms with van der Waals surface area (Å²) in [6.07, 6.45) is 0. The van der Waals surface area contributed by atoms with Crippen LogP contribution in [0, 0.1) is 17.0 Å². The first-order valence-electron chi connectivity index (χ1n) is 9.90. The molecule has 2 aromatic heterocycles. The van der Waals surface area contributed by atoms with E-state index in [4.69, 9.17) is 11.6 Å². The van der Waals surface area contributed by atoms with Gasteiger partial charge in [-0.05, 0) is 48.4 Å². The van der Waals surface area contributed by atoms with Gasteiger partial charge in [0.15, 0.2) is 5.16 Å². The van der Waals surface area contributed by atoms with Crippen molar-refractivity contribution >= 4 is 67.9 Å². The normalized spacial score (nSPS) is 12.8. The number of hydrogen-bond donors (Lipinski definition) is 1. The standard InChI is InChI=1S/C22H14ClN5O4S2/c1-11-17-20(34-18(11)19(29)24-14-4-2-3-13(23)9-14)25-22-27(21(17)30)26-16(10-33-22)12-5-7-15(8-6-12)28(31)32/h2-9H,10H2,1H3,(H,24,29). The number of amides is 1. The maximum atomic E-state index is 13.3. The number of thioether (sulfide) groups is 1. The summed E-state index contributed by atoms with van der Waals surface area (Å²) in [5.74, 6) is 0.0928. The molecule has 0 spiro atoms. The maximum Gasteiger partial charge on any atom is 0.283 e. The molecule has 3 heterocycles. The van der Waals surface area contributed by atoms with Gasteiger partial charge in [-0.15, -0.1) is 11.3 Å². The van der Waals surface area contributed by atoms with Crippen molar-refractivity contribution in [1.29, 1.82) is 0 Å². The van der Waals surface area contributed by atoms with Crippen LogP contribution < -0.4 is 10.9 Å². The molecule has 1 aliphatic heterocycles. The number of hydrogen-bond acceptors (Lipinski definition) is 8. The van der Waals surface area contributed by atoms with E-state index in [-0.39, 0.29) is 17.2 Å². The van der Waals surface area contributed by atoms with E-state index < -0.39 is 4.92 Å². The number of halogens is 1. The van der Waals surface area contributed by atoms with Crippen molar-refractivity contribution in [2.24, 2.45) is 5.10 Å². The minimum absolute atomic E-state index is 0.0220. The third kappa shape index (κ3) is 3.98. The van der Waals surface area contributed by atoms with Crippen molar-refractivity contribution in [1.82, 2.24) is 9.66 Å². The van der Waals surface area contributed by atoms with Crippen molar-refractivity contribution < 1.29 is 9.72 Å². The summed E-state index contributed by atoms with van der Waals surface area (Å²) < 4.78 is 1.23. The number of rotatable bonds is 4. The van der Waals surface area contributed by atoms with Gasteiger partial charge in [0.1, 0.15) is 4.83 Å². The molecule has 5 rings (SSSR count). The summed E-state index contributed by atoms with van der Waals surface area (Å²) in [6, 6.07) is 12.8. The highest BCUT2D eigenvalue weighted by molar-refractivity contribution is 7.99. The number of benzene rings is 2. The number of nitrogens with zero attached hydrogens (tertiary/aromatic N) is 4. The lowest BCUT2D eigenvalue weighted by Crippen LogP contribution is -2.25. The van der Waals surface area contributed by atoms with Crippen molar-refractivity contribution in [3.8, 4) is 0 Å². The van der Waals surface area contributed by atoms with Crippen molar-refractivity contribution in [3.63, 3.8) is 0 Å². The van der Waals surface area contributed by atoms with Crippen molar-refractivity contribution in [2.45, 2.75) is 12.1 Å². The Morgan fingerprint density at radius 3 is 2.71 bits per heavy atom. The van der Waals surface area contributed by atoms with Crippen LogP contribution in [0.2, 0.25) is 5.02 Å². The monoisotopic (exact) mass is 511 g/mol. The molecule has 0 saturated heterocycles. The fourth-order valence-corrected chi connectivity index (χ4v) is 5.71. The van der Waals surface area contributed by atoms with Crippen LogP contribution in [0.25, 0.3) is 10.2 Å². The van der Waals surface area contributed by atoms with Gasteiger partial charge in [-0.2, -0.15) is 9.78 Å². The smallest absolute Gasteiger partial charge is 0.283 e. The largest absolute Gasteiger partial charge is 0.321 e. The maximum absolute atomic E-state index is 13.3. The molecule has 0 unspecified atom stereocenters. The number of aryl methyl sites for hydroxylation is 1. The lowest BCUT2D eigenvalue weighted by molar-refractivity contribution is -0.384. The minimum atomic E-state index is -0.471. The van der Waals surface area contributed by atoms with Crippen LogP contribution in [0.4, 0.5) is 11.4 Å². The molecule has 1 aliphatic rings. The number of aromatic nitrogens is 2. The number of nitro benzene ring substituents is 1. The second kappa shape index (κ2) is 8.67. The Hall–Kier alpha value is -3.54. The second-order valence-corrected chi connectivity index (χ2v) is 9.73. The van der Waals surface area contributed by atoms with Gasteiger partial charge in [0, 0.05) is 28.6 Å². The van der Waals surface area contributed by atoms with E-state index in [0.29, 0.717) is 53.6 Å². The van der Waals surface area contributed by atoms with E-state index in [2.05, 4.69) is 15.4 Å². The fourth-order valence-electron chi connectivity index (χ4n) is 3.51. The number of non-ortho nitro benzene ring substituents is 1. The summed E-state index contributed by atoms with van der Waals surface area (Å²) >= 11 is 8.48. The molecule has 34 heavy (non-hydrogen) atoms. The molecule has 1 N–H and O–H groups in total. The molecule has 0 aliphatic carbocycles. The molecule has 0 fully saturated rings. The number of fused-ring (bicyclic) bond motifs is 2. The highest BCUT2D eigenvalue weighted by atomic mass is 35.5. The van der Waals surface area contributed by atoms with Gasteiger partial charge in [0.25, 0.3) is 17.2 Å². The van der Waals surface area contributed by atoms with E-state index in [9.17, 15) is 19.7 Å². The molecule has 4 aromatic rings. The minimum Gasteiger partial charge on any atom is -0.321 e. The zero-order chi connectivity index (χ0) is 24.0. The topological polar surface area (TPSA) is 119 Å². The SMILES string of the molecule is Cc1c(C(=O)Nc2cccc(Cl)c2)sc2nc3n(c(=O)c12)N=C(c1ccc([N+](=O)[O-])cc1)CS3. The third-order valence-corrected chi connectivity index (χ3v) is 7.53. The molecule has 0 atom stereocenters. The van der Waals surface area contributed by atoms with Gasteiger partial charge in [-0.3, -0.25) is 19.7 Å². The van der Waals surface area contributed by atoms with Gasteiger partial charge in [-0.1, -0.05) is 29.4 Å². The Bertz CT molecular complexity index is 1580. The summed E-state index contributed by atoms with van der Waals surface area (Å²) in [7, 11) is 0. The van der Waals surface area contributed by atoms with E-state index in [0.717, 1.165) is 11.3 Å². The number of nitrogens with one attached hydrogen (secondary N) is 1. The Kier molecular flexibility index (Phi) is 5.68. The molecule has 0 saturated carbocycles. The van der Waals surface area contributed by atoms with Gasteiger partial charge in [-0.25, -0.2) is 4.98 Å². The molecular formula is C22H14ClN5O4S2. The van der Waals surface area contributed by atoms with Crippen LogP contribution in [0.5, 0.6) is 0 Å². The molecular weight excluding hydrogens is 498 g/mol. The van der Waals surface area contributed by atoms with Crippen LogP contribution in [0.3, 0.4) is 0 Å². The second-order valence-electron chi connectivity index (χ2n) is 7.35. The lowest BCUT2D eigenvalue weighted by Gasteiger charge is -2.15. The van der Waals surface area contributed by atoms with E-state index in [1.807, 2.05) is 0 Å². The zero-order valence-electron chi connectivity index (χ0n) is 17.4. The first kappa shape index (κ1) is 22.3. The van der Waals surface area contributed by atoms with Crippen LogP contribution in [-0.4, -0.2) is 32.0 Å². The Labute approximate surface area is 205 Å². The molecule has 9 nitrogen and oxygen atoms in total. The Balaban J connectivity index is 1.53. The molecule has 2 aromatic carbocycles. The fraction of sp³-hybridized carbons (Fsp3) is 0.0909. The zero-order valence-corrected chi connectivity index (χ0v) is 19.8. The van der Waals surface area contributed by atoms with Gasteiger partial charge in [0.2, 0.25) is 0 Å². The number of carbonyl (C=O) groups is 1. The van der Waals surface area contributed by atoms with Crippen LogP contribution >= 0.6 is 34.7 Å². The van der Waals surface area contributed by atoms with Crippen LogP contribution in [-0.2, 0) is 0 Å². The predicted molar refractivity (Wildman–Crippen MR) is 134 cm³/mol. The average molecular weight is 512 g/mol. The highest BCUT2D eigenvalue weighted by Crippen LogP contribution is 2.31. The quantitative estimate of drug-likeness (QED) is 0.235. The lowest BCUT2D eigenvalue weighted by atomic mass is 10.1. The average Bonchev–Trinajstić information content (AvgIpc) is 3.15. The van der Waals surface area contributed by atoms with E-state index in [1.54, 1.807) is 43.3 Å². The van der Waals surface area contributed by atoms with Crippen LogP contribution in [0.15, 0.2) is 63.6 Å². The number of carbonyl (C=O) groups excluding carboxylic acids is 1. The van der Waals surface area contributed by atoms with Gasteiger partial charge in [0.05, 0.1) is 20.9 Å². The van der Waals surface area contributed by atoms with E-state index >= 15 is 0 Å². The molecule has 0 radical (unpaired) electrons. The highest BCUT2D eigenvalue weighted by Gasteiger charge is 2.24. The van der Waals surface area contributed by atoms with Crippen molar-refractivity contribution in [3.05, 3.63) is 90.0 Å². The molecule has 0 bridgehead atoms.